The molecule has 1 aromatic rings. The molecule has 1 aromatic carbocycles. The molecular weight excluding hydrogens is 232 g/mol. The van der Waals surface area contributed by atoms with Gasteiger partial charge in [-0.05, 0) is 31.0 Å². The molecule has 1 saturated heterocycles. The van der Waals surface area contributed by atoms with Crippen LogP contribution >= 0.6 is 0 Å². The third kappa shape index (κ3) is 2.34. The standard InChI is InChI=1S/C14H18O4/c1-4-9-17-13(15)12-14(2,18-12)10-5-7-11(16-3)8-6-10/h5-8,12H,4,9H2,1-3H3. The lowest BCUT2D eigenvalue weighted by Crippen LogP contribution is -2.19. The van der Waals surface area contributed by atoms with E-state index in [2.05, 4.69) is 0 Å². The molecular formula is C14H18O4. The van der Waals surface area contributed by atoms with Crippen LogP contribution in [-0.4, -0.2) is 25.8 Å². The second-order valence-corrected chi connectivity index (χ2v) is 4.50. The Kier molecular flexibility index (Phi) is 3.57. The molecule has 1 heterocycles. The number of methoxy groups -OCH3 is 1. The Morgan fingerprint density at radius 1 is 1.39 bits per heavy atom. The molecule has 2 atom stereocenters. The largest absolute Gasteiger partial charge is 0.497 e. The summed E-state index contributed by atoms with van der Waals surface area (Å²) in [5.74, 6) is 0.503. The van der Waals surface area contributed by atoms with Gasteiger partial charge in [0.1, 0.15) is 11.4 Å². The van der Waals surface area contributed by atoms with Gasteiger partial charge >= 0.3 is 5.97 Å². The third-order valence-corrected chi connectivity index (χ3v) is 3.13. The van der Waals surface area contributed by atoms with Gasteiger partial charge in [0.15, 0.2) is 6.10 Å². The quantitative estimate of drug-likeness (QED) is 0.594. The summed E-state index contributed by atoms with van der Waals surface area (Å²) in [6, 6.07) is 7.53. The molecule has 0 N–H and O–H groups in total. The topological polar surface area (TPSA) is 48.1 Å². The van der Waals surface area contributed by atoms with E-state index < -0.39 is 11.7 Å². The molecule has 18 heavy (non-hydrogen) atoms. The fraction of sp³-hybridized carbons (Fsp3) is 0.500. The smallest absolute Gasteiger partial charge is 0.338 e. The van der Waals surface area contributed by atoms with Gasteiger partial charge < -0.3 is 14.2 Å². The number of hydrogen-bond donors (Lipinski definition) is 0. The average molecular weight is 250 g/mol. The van der Waals surface area contributed by atoms with E-state index in [1.165, 1.54) is 0 Å². The van der Waals surface area contributed by atoms with Crippen LogP contribution in [0.3, 0.4) is 0 Å². The van der Waals surface area contributed by atoms with Gasteiger partial charge in [0, 0.05) is 0 Å². The first-order valence-corrected chi connectivity index (χ1v) is 6.10. The van der Waals surface area contributed by atoms with Gasteiger partial charge in [-0.25, -0.2) is 4.79 Å². The van der Waals surface area contributed by atoms with Crippen molar-refractivity contribution in [1.82, 2.24) is 0 Å². The van der Waals surface area contributed by atoms with E-state index in [-0.39, 0.29) is 5.97 Å². The fourth-order valence-corrected chi connectivity index (χ4v) is 1.90. The second kappa shape index (κ2) is 4.98. The highest BCUT2D eigenvalue weighted by Crippen LogP contribution is 2.46. The molecule has 1 aliphatic heterocycles. The van der Waals surface area contributed by atoms with Crippen LogP contribution in [0.5, 0.6) is 5.75 Å². The molecule has 98 valence electrons. The summed E-state index contributed by atoms with van der Waals surface area (Å²) in [6.07, 6.45) is 0.329. The fourth-order valence-electron chi connectivity index (χ4n) is 1.90. The van der Waals surface area contributed by atoms with Crippen molar-refractivity contribution >= 4 is 5.97 Å². The first-order valence-electron chi connectivity index (χ1n) is 6.10. The Labute approximate surface area is 107 Å². The molecule has 0 aromatic heterocycles. The summed E-state index contributed by atoms with van der Waals surface area (Å²) in [5.41, 5.74) is 0.402. The first kappa shape index (κ1) is 12.9. The van der Waals surface area contributed by atoms with Crippen molar-refractivity contribution in [3.05, 3.63) is 29.8 Å². The summed E-state index contributed by atoms with van der Waals surface area (Å²) in [7, 11) is 1.62. The summed E-state index contributed by atoms with van der Waals surface area (Å²) in [5, 5.41) is 0. The summed E-state index contributed by atoms with van der Waals surface area (Å²) in [6.45, 7) is 4.30. The predicted molar refractivity (Wildman–Crippen MR) is 66.5 cm³/mol. The zero-order valence-electron chi connectivity index (χ0n) is 10.9. The van der Waals surface area contributed by atoms with Gasteiger partial charge in [-0.1, -0.05) is 19.1 Å². The van der Waals surface area contributed by atoms with Crippen molar-refractivity contribution in [3.8, 4) is 5.75 Å². The highest BCUT2D eigenvalue weighted by molar-refractivity contribution is 5.79. The Bertz CT molecular complexity index is 426. The third-order valence-electron chi connectivity index (χ3n) is 3.13. The molecule has 4 heteroatoms. The van der Waals surface area contributed by atoms with Gasteiger partial charge in [0.2, 0.25) is 0 Å². The molecule has 4 nitrogen and oxygen atoms in total. The van der Waals surface area contributed by atoms with Gasteiger partial charge in [0.25, 0.3) is 0 Å². The number of hydrogen-bond acceptors (Lipinski definition) is 4. The van der Waals surface area contributed by atoms with Crippen molar-refractivity contribution in [2.24, 2.45) is 0 Å². The zero-order chi connectivity index (χ0) is 13.2. The molecule has 2 unspecified atom stereocenters. The lowest BCUT2D eigenvalue weighted by molar-refractivity contribution is -0.145. The minimum Gasteiger partial charge on any atom is -0.497 e. The normalized spacial score (nSPS) is 25.6. The van der Waals surface area contributed by atoms with Gasteiger partial charge in [-0.2, -0.15) is 0 Å². The molecule has 2 rings (SSSR count). The van der Waals surface area contributed by atoms with Crippen LogP contribution < -0.4 is 4.74 Å². The van der Waals surface area contributed by atoms with Gasteiger partial charge in [0.05, 0.1) is 13.7 Å². The lowest BCUT2D eigenvalue weighted by atomic mass is 9.97. The van der Waals surface area contributed by atoms with Crippen LogP contribution in [0.4, 0.5) is 0 Å². The SMILES string of the molecule is CCCOC(=O)C1OC1(C)c1ccc(OC)cc1. The van der Waals surface area contributed by atoms with Crippen LogP contribution in [0.2, 0.25) is 0 Å². The molecule has 0 radical (unpaired) electrons. The Balaban J connectivity index is 2.03. The van der Waals surface area contributed by atoms with E-state index in [9.17, 15) is 4.79 Å². The number of esters is 1. The van der Waals surface area contributed by atoms with Crippen LogP contribution in [0.1, 0.15) is 25.8 Å². The van der Waals surface area contributed by atoms with Crippen molar-refractivity contribution in [2.75, 3.05) is 13.7 Å². The van der Waals surface area contributed by atoms with E-state index in [4.69, 9.17) is 14.2 Å². The van der Waals surface area contributed by atoms with E-state index >= 15 is 0 Å². The van der Waals surface area contributed by atoms with Gasteiger partial charge in [-0.15, -0.1) is 0 Å². The minimum atomic E-state index is -0.558. The maximum Gasteiger partial charge on any atom is 0.338 e. The Hall–Kier alpha value is -1.55. The number of carbonyl (C=O) groups is 1. The average Bonchev–Trinajstić information content (AvgIpc) is 3.10. The Morgan fingerprint density at radius 2 is 2.06 bits per heavy atom. The van der Waals surface area contributed by atoms with E-state index in [0.29, 0.717) is 6.61 Å². The number of ether oxygens (including phenoxy) is 3. The summed E-state index contributed by atoms with van der Waals surface area (Å²) < 4.78 is 15.7. The van der Waals surface area contributed by atoms with Gasteiger partial charge in [-0.3, -0.25) is 0 Å². The molecule has 0 spiro atoms. The van der Waals surface area contributed by atoms with Crippen molar-refractivity contribution < 1.29 is 19.0 Å². The van der Waals surface area contributed by atoms with Crippen LogP contribution in [0, 0.1) is 0 Å². The number of rotatable bonds is 5. The van der Waals surface area contributed by atoms with Crippen LogP contribution in [0.15, 0.2) is 24.3 Å². The van der Waals surface area contributed by atoms with Crippen molar-refractivity contribution in [1.29, 1.82) is 0 Å². The Morgan fingerprint density at radius 3 is 2.61 bits per heavy atom. The van der Waals surface area contributed by atoms with Crippen LogP contribution in [0.25, 0.3) is 0 Å². The second-order valence-electron chi connectivity index (χ2n) is 4.50. The van der Waals surface area contributed by atoms with Crippen molar-refractivity contribution in [2.45, 2.75) is 32.0 Å². The number of epoxide rings is 1. The predicted octanol–water partition coefficient (Wildman–Crippen LogP) is 2.26. The zero-order valence-corrected chi connectivity index (χ0v) is 10.9. The minimum absolute atomic E-state index is 0.282. The highest BCUT2D eigenvalue weighted by atomic mass is 16.7. The van der Waals surface area contributed by atoms with Crippen LogP contribution in [-0.2, 0) is 19.9 Å². The first-order chi connectivity index (χ1) is 8.61. The maximum absolute atomic E-state index is 11.7. The molecule has 0 saturated carbocycles. The number of carbonyl (C=O) groups excluding carboxylic acids is 1. The van der Waals surface area contributed by atoms with Crippen molar-refractivity contribution in [3.63, 3.8) is 0 Å². The molecule has 1 aliphatic rings. The molecule has 0 amide bonds. The summed E-state index contributed by atoms with van der Waals surface area (Å²) in [4.78, 5) is 11.7. The van der Waals surface area contributed by atoms with E-state index in [1.54, 1.807) is 7.11 Å². The molecule has 1 fully saturated rings. The lowest BCUT2D eigenvalue weighted by Gasteiger charge is -2.08. The molecule has 0 bridgehead atoms. The number of benzene rings is 1. The maximum atomic E-state index is 11.7. The van der Waals surface area contributed by atoms with E-state index in [1.807, 2.05) is 38.1 Å². The molecule has 0 aliphatic carbocycles. The monoisotopic (exact) mass is 250 g/mol. The summed E-state index contributed by atoms with van der Waals surface area (Å²) >= 11 is 0. The van der Waals surface area contributed by atoms with E-state index in [0.717, 1.165) is 17.7 Å². The highest BCUT2D eigenvalue weighted by Gasteiger charge is 2.59.